The van der Waals surface area contributed by atoms with Crippen LogP contribution in [0.5, 0.6) is 0 Å². The molecule has 0 heterocycles. The highest BCUT2D eigenvalue weighted by Gasteiger charge is 2.21. The zero-order chi connectivity index (χ0) is 32.4. The normalized spacial score (nSPS) is 13.0. The van der Waals surface area contributed by atoms with Crippen molar-refractivity contribution < 1.29 is 9.59 Å². The van der Waals surface area contributed by atoms with Gasteiger partial charge in [-0.1, -0.05) is 127 Å². The third kappa shape index (κ3) is 31.7. The Morgan fingerprint density at radius 2 is 0.886 bits per heavy atom. The van der Waals surface area contributed by atoms with E-state index in [1.807, 2.05) is 14.1 Å². The maximum absolute atomic E-state index is 13.0. The molecule has 0 aromatic rings. The molecule has 44 heavy (non-hydrogen) atoms. The molecule has 0 saturated carbocycles. The molecule has 0 aliphatic rings. The molecule has 0 spiro atoms. The molecule has 0 bridgehead atoms. The van der Waals surface area contributed by atoms with Gasteiger partial charge in [0.1, 0.15) is 11.6 Å². The maximum atomic E-state index is 13.0. The maximum Gasteiger partial charge on any atom is 0.137 e. The lowest BCUT2D eigenvalue weighted by Gasteiger charge is -2.19. The monoisotopic (exact) mass is 612 g/mol. The summed E-state index contributed by atoms with van der Waals surface area (Å²) < 4.78 is 0. The minimum absolute atomic E-state index is 0.138. The molecule has 1 atom stereocenters. The predicted molar refractivity (Wildman–Crippen MR) is 195 cm³/mol. The standard InChI is InChI=1S/C41H73NO2/c1-5-7-9-11-13-15-17-19-21-23-25-27-29-31-33-35-40(43)37-39(38-42(3)4)41(44)36-34-32-30-28-26-24-22-20-18-16-14-12-10-8-6-2/h13-16,19-22,39H,5-12,17-18,23-38H2,1-4H3. The molecule has 0 aliphatic carbocycles. The SMILES string of the molecule is CCCCCC=CCC=CCCCCCCCC(=O)CC(CN(C)C)C(=O)CCCCCCCC=CCC=CCCCCC. The largest absolute Gasteiger partial charge is 0.309 e. The Morgan fingerprint density at radius 3 is 1.32 bits per heavy atom. The molecule has 0 aromatic carbocycles. The van der Waals surface area contributed by atoms with Gasteiger partial charge in [0.25, 0.3) is 0 Å². The fourth-order valence-corrected chi connectivity index (χ4v) is 5.55. The second kappa shape index (κ2) is 34.1. The Morgan fingerprint density at radius 1 is 0.500 bits per heavy atom. The van der Waals surface area contributed by atoms with Crippen LogP contribution in [0.4, 0.5) is 0 Å². The van der Waals surface area contributed by atoms with Crippen LogP contribution in [0.25, 0.3) is 0 Å². The van der Waals surface area contributed by atoms with Gasteiger partial charge in [0.05, 0.1) is 0 Å². The van der Waals surface area contributed by atoms with Crippen molar-refractivity contribution in [1.82, 2.24) is 4.90 Å². The first-order chi connectivity index (χ1) is 21.5. The van der Waals surface area contributed by atoms with E-state index >= 15 is 0 Å². The van der Waals surface area contributed by atoms with Gasteiger partial charge in [0.15, 0.2) is 0 Å². The van der Waals surface area contributed by atoms with Gasteiger partial charge in [-0.25, -0.2) is 0 Å². The number of carbonyl (C=O) groups is 2. The lowest BCUT2D eigenvalue weighted by molar-refractivity contribution is -0.128. The van der Waals surface area contributed by atoms with E-state index in [0.717, 1.165) is 51.4 Å². The van der Waals surface area contributed by atoms with Crippen LogP contribution in [0.15, 0.2) is 48.6 Å². The van der Waals surface area contributed by atoms with Gasteiger partial charge in [-0.2, -0.15) is 0 Å². The second-order valence-corrected chi connectivity index (χ2v) is 13.1. The number of ketones is 2. The summed E-state index contributed by atoms with van der Waals surface area (Å²) in [6.45, 7) is 5.18. The number of allylic oxidation sites excluding steroid dienone is 8. The molecule has 0 aliphatic heterocycles. The Balaban J connectivity index is 3.89. The molecule has 0 saturated heterocycles. The van der Waals surface area contributed by atoms with Crippen LogP contribution < -0.4 is 0 Å². The van der Waals surface area contributed by atoms with Gasteiger partial charge in [0, 0.05) is 31.7 Å². The molecule has 254 valence electrons. The van der Waals surface area contributed by atoms with Crippen LogP contribution >= 0.6 is 0 Å². The summed E-state index contributed by atoms with van der Waals surface area (Å²) in [6.07, 6.45) is 46.3. The van der Waals surface area contributed by atoms with Crippen molar-refractivity contribution in [3.63, 3.8) is 0 Å². The molecule has 3 nitrogen and oxygen atoms in total. The van der Waals surface area contributed by atoms with Crippen molar-refractivity contribution in [3.05, 3.63) is 48.6 Å². The van der Waals surface area contributed by atoms with Crippen LogP contribution in [0.2, 0.25) is 0 Å². The second-order valence-electron chi connectivity index (χ2n) is 13.1. The summed E-state index contributed by atoms with van der Waals surface area (Å²) >= 11 is 0. The summed E-state index contributed by atoms with van der Waals surface area (Å²) in [5.41, 5.74) is 0. The van der Waals surface area contributed by atoms with Crippen LogP contribution in [0.1, 0.15) is 174 Å². The van der Waals surface area contributed by atoms with E-state index < -0.39 is 0 Å². The number of rotatable bonds is 33. The number of Topliss-reactive ketones (excluding diaryl/α,β-unsaturated/α-hetero) is 2. The fourth-order valence-electron chi connectivity index (χ4n) is 5.55. The lowest BCUT2D eigenvalue weighted by atomic mass is 9.91. The Hall–Kier alpha value is -1.74. The van der Waals surface area contributed by atoms with Crippen molar-refractivity contribution in [1.29, 1.82) is 0 Å². The summed E-state index contributed by atoms with van der Waals surface area (Å²) in [5.74, 6) is 0.426. The van der Waals surface area contributed by atoms with Crippen molar-refractivity contribution in [2.45, 2.75) is 174 Å². The summed E-state index contributed by atoms with van der Waals surface area (Å²) in [6, 6.07) is 0. The molecule has 3 heteroatoms. The Bertz CT molecular complexity index is 761. The number of hydrogen-bond acceptors (Lipinski definition) is 3. The van der Waals surface area contributed by atoms with Crippen molar-refractivity contribution >= 4 is 11.6 Å². The third-order valence-corrected chi connectivity index (χ3v) is 8.30. The van der Waals surface area contributed by atoms with E-state index in [0.29, 0.717) is 25.8 Å². The van der Waals surface area contributed by atoms with Gasteiger partial charge in [0.2, 0.25) is 0 Å². The van der Waals surface area contributed by atoms with Crippen LogP contribution in [0, 0.1) is 5.92 Å². The average molecular weight is 612 g/mol. The molecule has 1 unspecified atom stereocenters. The minimum atomic E-state index is -0.138. The highest BCUT2D eigenvalue weighted by atomic mass is 16.1. The lowest BCUT2D eigenvalue weighted by Crippen LogP contribution is -2.29. The van der Waals surface area contributed by atoms with E-state index in [9.17, 15) is 9.59 Å². The highest BCUT2D eigenvalue weighted by Crippen LogP contribution is 2.17. The van der Waals surface area contributed by atoms with Crippen LogP contribution in [-0.2, 0) is 9.59 Å². The summed E-state index contributed by atoms with van der Waals surface area (Å²) in [7, 11) is 4.01. The minimum Gasteiger partial charge on any atom is -0.309 e. The molecular weight excluding hydrogens is 538 g/mol. The predicted octanol–water partition coefficient (Wildman–Crippen LogP) is 12.3. The van der Waals surface area contributed by atoms with E-state index in [4.69, 9.17) is 0 Å². The zero-order valence-electron chi connectivity index (χ0n) is 29.8. The molecular formula is C41H73NO2. The Kier molecular flexibility index (Phi) is 32.8. The van der Waals surface area contributed by atoms with Crippen molar-refractivity contribution in [2.75, 3.05) is 20.6 Å². The van der Waals surface area contributed by atoms with E-state index in [-0.39, 0.29) is 17.5 Å². The number of carbonyl (C=O) groups excluding carboxylic acids is 2. The molecule has 0 radical (unpaired) electrons. The highest BCUT2D eigenvalue weighted by molar-refractivity contribution is 5.88. The first-order valence-electron chi connectivity index (χ1n) is 18.8. The average Bonchev–Trinajstić information content (AvgIpc) is 3.00. The van der Waals surface area contributed by atoms with E-state index in [1.165, 1.54) is 89.9 Å². The van der Waals surface area contributed by atoms with E-state index in [2.05, 4.69) is 67.4 Å². The smallest absolute Gasteiger partial charge is 0.137 e. The van der Waals surface area contributed by atoms with Gasteiger partial charge >= 0.3 is 0 Å². The third-order valence-electron chi connectivity index (χ3n) is 8.30. The molecule has 0 aromatic heterocycles. The quantitative estimate of drug-likeness (QED) is 0.0547. The fraction of sp³-hybridized carbons (Fsp3) is 0.756. The first kappa shape index (κ1) is 42.3. The van der Waals surface area contributed by atoms with Crippen molar-refractivity contribution in [2.24, 2.45) is 5.92 Å². The van der Waals surface area contributed by atoms with Gasteiger partial charge in [-0.05, 0) is 91.1 Å². The number of unbranched alkanes of at least 4 members (excludes halogenated alkanes) is 16. The first-order valence-corrected chi connectivity index (χ1v) is 18.8. The zero-order valence-corrected chi connectivity index (χ0v) is 29.8. The molecule has 0 rings (SSSR count). The Labute approximate surface area is 275 Å². The molecule has 0 N–H and O–H groups in total. The summed E-state index contributed by atoms with van der Waals surface area (Å²) in [5, 5.41) is 0. The molecule has 0 amide bonds. The number of hydrogen-bond donors (Lipinski definition) is 0. The van der Waals surface area contributed by atoms with Crippen LogP contribution in [0.3, 0.4) is 0 Å². The van der Waals surface area contributed by atoms with Gasteiger partial charge in [-0.3, -0.25) is 9.59 Å². The van der Waals surface area contributed by atoms with Gasteiger partial charge < -0.3 is 4.90 Å². The van der Waals surface area contributed by atoms with Crippen molar-refractivity contribution in [3.8, 4) is 0 Å². The molecule has 0 fully saturated rings. The van der Waals surface area contributed by atoms with Crippen LogP contribution in [-0.4, -0.2) is 37.1 Å². The number of nitrogens with zero attached hydrogens (tertiary/aromatic N) is 1. The van der Waals surface area contributed by atoms with E-state index in [1.54, 1.807) is 0 Å². The van der Waals surface area contributed by atoms with Gasteiger partial charge in [-0.15, -0.1) is 0 Å². The topological polar surface area (TPSA) is 37.4 Å². The summed E-state index contributed by atoms with van der Waals surface area (Å²) in [4.78, 5) is 27.7.